The van der Waals surface area contributed by atoms with Crippen LogP contribution in [0.3, 0.4) is 0 Å². The maximum Gasteiger partial charge on any atom is 0.242 e. The number of hydrazine groups is 1. The molecule has 2 aromatic carbocycles. The molecule has 0 saturated carbocycles. The van der Waals surface area contributed by atoms with E-state index in [2.05, 4.69) is 16.2 Å². The number of benzene rings is 2. The van der Waals surface area contributed by atoms with Gasteiger partial charge in [-0.15, -0.1) is 0 Å². The number of amides is 1. The summed E-state index contributed by atoms with van der Waals surface area (Å²) >= 11 is 6.11. The Kier molecular flexibility index (Phi) is 4.71. The summed E-state index contributed by atoms with van der Waals surface area (Å²) in [5.74, 6) is -0.467. The standard InChI is InChI=1S/C17H17ClFN3O2/c1-9-6-16(23)12(7-13(9)18)14-8-15(22-21-14)17(24)20-11-4-2-10(19)3-5-11/h2-7,14-15,21-23H,8H2,1H3,(H,20,24). The molecule has 1 aliphatic heterocycles. The molecule has 3 rings (SSSR count). The fourth-order valence-electron chi connectivity index (χ4n) is 2.66. The summed E-state index contributed by atoms with van der Waals surface area (Å²) in [5, 5.41) is 13.4. The SMILES string of the molecule is Cc1cc(O)c(C2CC(C(=O)Nc3ccc(F)cc3)NN2)cc1Cl. The fraction of sp³-hybridized carbons (Fsp3) is 0.235. The van der Waals surface area contributed by atoms with Crippen LogP contribution in [0.2, 0.25) is 5.02 Å². The molecular weight excluding hydrogens is 333 g/mol. The predicted molar refractivity (Wildman–Crippen MR) is 90.3 cm³/mol. The quantitative estimate of drug-likeness (QED) is 0.687. The summed E-state index contributed by atoms with van der Waals surface area (Å²) in [4.78, 5) is 12.3. The molecule has 24 heavy (non-hydrogen) atoms. The van der Waals surface area contributed by atoms with Crippen LogP contribution in [0.15, 0.2) is 36.4 Å². The molecule has 1 heterocycles. The van der Waals surface area contributed by atoms with Crippen LogP contribution >= 0.6 is 11.6 Å². The maximum atomic E-state index is 12.9. The Labute approximate surface area is 143 Å². The predicted octanol–water partition coefficient (Wildman–Crippen LogP) is 3.04. The van der Waals surface area contributed by atoms with Gasteiger partial charge in [-0.05, 0) is 55.3 Å². The Morgan fingerprint density at radius 2 is 2.00 bits per heavy atom. The van der Waals surface area contributed by atoms with Crippen molar-refractivity contribution < 1.29 is 14.3 Å². The van der Waals surface area contributed by atoms with Crippen molar-refractivity contribution in [3.05, 3.63) is 58.4 Å². The molecule has 126 valence electrons. The molecule has 0 bridgehead atoms. The Bertz CT molecular complexity index is 767. The van der Waals surface area contributed by atoms with Gasteiger partial charge in [0, 0.05) is 16.3 Å². The van der Waals surface area contributed by atoms with Gasteiger partial charge in [0.25, 0.3) is 0 Å². The van der Waals surface area contributed by atoms with Crippen molar-refractivity contribution in [2.45, 2.75) is 25.4 Å². The number of carbonyl (C=O) groups is 1. The van der Waals surface area contributed by atoms with Crippen molar-refractivity contribution in [3.8, 4) is 5.75 Å². The van der Waals surface area contributed by atoms with Crippen LogP contribution in [0.5, 0.6) is 5.75 Å². The number of carbonyl (C=O) groups excluding carboxylic acids is 1. The Morgan fingerprint density at radius 1 is 1.29 bits per heavy atom. The van der Waals surface area contributed by atoms with Gasteiger partial charge in [-0.25, -0.2) is 15.2 Å². The molecule has 5 nitrogen and oxygen atoms in total. The van der Waals surface area contributed by atoms with Crippen molar-refractivity contribution in [2.75, 3.05) is 5.32 Å². The molecule has 0 aromatic heterocycles. The van der Waals surface area contributed by atoms with Crippen molar-refractivity contribution in [1.29, 1.82) is 0 Å². The molecule has 4 N–H and O–H groups in total. The molecule has 2 unspecified atom stereocenters. The molecule has 1 fully saturated rings. The molecule has 2 aromatic rings. The highest BCUT2D eigenvalue weighted by atomic mass is 35.5. The number of hydrogen-bond donors (Lipinski definition) is 4. The molecule has 7 heteroatoms. The number of halogens is 2. The summed E-state index contributed by atoms with van der Waals surface area (Å²) in [6.07, 6.45) is 0.444. The summed E-state index contributed by atoms with van der Waals surface area (Å²) < 4.78 is 12.9. The van der Waals surface area contributed by atoms with Crippen molar-refractivity contribution in [1.82, 2.24) is 10.9 Å². The van der Waals surface area contributed by atoms with Crippen LogP contribution in [-0.4, -0.2) is 17.1 Å². The highest BCUT2D eigenvalue weighted by molar-refractivity contribution is 6.31. The van der Waals surface area contributed by atoms with Gasteiger partial charge in [0.05, 0.1) is 6.04 Å². The smallest absolute Gasteiger partial charge is 0.242 e. The van der Waals surface area contributed by atoms with E-state index in [1.165, 1.54) is 24.3 Å². The number of nitrogens with one attached hydrogen (secondary N) is 3. The van der Waals surface area contributed by atoms with Gasteiger partial charge in [0.2, 0.25) is 5.91 Å². The number of aryl methyl sites for hydroxylation is 1. The van der Waals surface area contributed by atoms with Gasteiger partial charge in [0.1, 0.15) is 17.6 Å². The first-order valence-electron chi connectivity index (χ1n) is 7.50. The van der Waals surface area contributed by atoms with Crippen LogP contribution in [0.4, 0.5) is 10.1 Å². The van der Waals surface area contributed by atoms with Crippen molar-refractivity contribution >= 4 is 23.2 Å². The Balaban J connectivity index is 1.67. The van der Waals surface area contributed by atoms with Crippen molar-refractivity contribution in [2.24, 2.45) is 0 Å². The lowest BCUT2D eigenvalue weighted by atomic mass is 9.99. The van der Waals surface area contributed by atoms with Gasteiger partial charge >= 0.3 is 0 Å². The minimum absolute atomic E-state index is 0.135. The summed E-state index contributed by atoms with van der Waals surface area (Å²) in [6.45, 7) is 1.81. The van der Waals surface area contributed by atoms with Gasteiger partial charge < -0.3 is 10.4 Å². The Hall–Kier alpha value is -2.15. The van der Waals surface area contributed by atoms with E-state index in [0.717, 1.165) is 5.56 Å². The summed E-state index contributed by atoms with van der Waals surface area (Å²) in [6, 6.07) is 8.14. The van der Waals surface area contributed by atoms with Gasteiger partial charge in [-0.3, -0.25) is 4.79 Å². The van der Waals surface area contributed by atoms with E-state index in [4.69, 9.17) is 11.6 Å². The minimum atomic E-state index is -0.487. The zero-order chi connectivity index (χ0) is 17.3. The molecule has 0 radical (unpaired) electrons. The molecule has 0 aliphatic carbocycles. The number of hydrogen-bond acceptors (Lipinski definition) is 4. The highest BCUT2D eigenvalue weighted by Gasteiger charge is 2.31. The Morgan fingerprint density at radius 3 is 2.71 bits per heavy atom. The summed E-state index contributed by atoms with van der Waals surface area (Å²) in [7, 11) is 0. The third-order valence-corrected chi connectivity index (χ3v) is 4.42. The van der Waals surface area contributed by atoms with Crippen molar-refractivity contribution in [3.63, 3.8) is 0 Å². The van der Waals surface area contributed by atoms with Crippen LogP contribution in [0, 0.1) is 12.7 Å². The number of anilines is 1. The first kappa shape index (κ1) is 16.7. The third kappa shape index (κ3) is 3.51. The highest BCUT2D eigenvalue weighted by Crippen LogP contribution is 2.33. The minimum Gasteiger partial charge on any atom is -0.508 e. The van der Waals surface area contributed by atoms with E-state index >= 15 is 0 Å². The number of phenolic OH excluding ortho intramolecular Hbond substituents is 1. The topological polar surface area (TPSA) is 73.4 Å². The average molecular weight is 350 g/mol. The number of rotatable bonds is 3. The molecule has 1 amide bonds. The van der Waals surface area contributed by atoms with Crippen LogP contribution < -0.4 is 16.2 Å². The average Bonchev–Trinajstić information content (AvgIpc) is 3.03. The molecule has 1 saturated heterocycles. The second-order valence-corrected chi connectivity index (χ2v) is 6.19. The normalized spacial score (nSPS) is 20.1. The lowest BCUT2D eigenvalue weighted by molar-refractivity contribution is -0.117. The van der Waals surface area contributed by atoms with Gasteiger partial charge in [0.15, 0.2) is 0 Å². The van der Waals surface area contributed by atoms with E-state index in [9.17, 15) is 14.3 Å². The van der Waals surface area contributed by atoms with Gasteiger partial charge in [-0.1, -0.05) is 11.6 Å². The van der Waals surface area contributed by atoms with Crippen LogP contribution in [-0.2, 0) is 4.79 Å². The van der Waals surface area contributed by atoms with Gasteiger partial charge in [-0.2, -0.15) is 0 Å². The summed E-state index contributed by atoms with van der Waals surface area (Å²) in [5.41, 5.74) is 7.85. The van der Waals surface area contributed by atoms with Crippen LogP contribution in [0.25, 0.3) is 0 Å². The number of aromatic hydroxyl groups is 1. The van der Waals surface area contributed by atoms with E-state index in [1.807, 2.05) is 6.92 Å². The fourth-order valence-corrected chi connectivity index (χ4v) is 2.83. The maximum absolute atomic E-state index is 12.9. The first-order chi connectivity index (χ1) is 11.4. The van der Waals surface area contributed by atoms with E-state index in [-0.39, 0.29) is 23.5 Å². The first-order valence-corrected chi connectivity index (χ1v) is 7.88. The molecule has 0 spiro atoms. The largest absolute Gasteiger partial charge is 0.508 e. The lowest BCUT2D eigenvalue weighted by Gasteiger charge is -2.13. The molecule has 1 aliphatic rings. The number of phenols is 1. The zero-order valence-corrected chi connectivity index (χ0v) is 13.7. The van der Waals surface area contributed by atoms with E-state index < -0.39 is 6.04 Å². The third-order valence-electron chi connectivity index (χ3n) is 4.01. The van der Waals surface area contributed by atoms with E-state index in [1.54, 1.807) is 12.1 Å². The zero-order valence-electron chi connectivity index (χ0n) is 12.9. The second-order valence-electron chi connectivity index (χ2n) is 5.79. The molecule has 2 atom stereocenters. The van der Waals surface area contributed by atoms with Crippen LogP contribution in [0.1, 0.15) is 23.6 Å². The second kappa shape index (κ2) is 6.76. The molecular formula is C17H17ClFN3O2. The lowest BCUT2D eigenvalue weighted by Crippen LogP contribution is -2.39. The monoisotopic (exact) mass is 349 g/mol. The van der Waals surface area contributed by atoms with E-state index in [0.29, 0.717) is 22.7 Å².